The van der Waals surface area contributed by atoms with E-state index >= 15 is 0 Å². The maximum absolute atomic E-state index is 11.2. The number of primary amides is 1. The van der Waals surface area contributed by atoms with Gasteiger partial charge in [0, 0.05) is 18.8 Å². The van der Waals surface area contributed by atoms with Gasteiger partial charge in [0.15, 0.2) is 0 Å². The molecule has 1 aromatic carbocycles. The number of nitrogens with zero attached hydrogens (tertiary/aromatic N) is 2. The van der Waals surface area contributed by atoms with Gasteiger partial charge in [-0.05, 0) is 31.0 Å². The van der Waals surface area contributed by atoms with E-state index < -0.39 is 0 Å². The summed E-state index contributed by atoms with van der Waals surface area (Å²) in [6, 6.07) is 7.38. The molecule has 0 spiro atoms. The molecule has 94 valence electrons. The lowest BCUT2D eigenvalue weighted by Gasteiger charge is -2.33. The molecule has 0 bridgehead atoms. The van der Waals surface area contributed by atoms with Crippen LogP contribution in [0, 0.1) is 17.2 Å². The van der Waals surface area contributed by atoms with Gasteiger partial charge in [0.05, 0.1) is 17.2 Å². The summed E-state index contributed by atoms with van der Waals surface area (Å²) in [6.45, 7) is 1.51. The molecule has 1 fully saturated rings. The minimum Gasteiger partial charge on any atom is -0.398 e. The van der Waals surface area contributed by atoms with Crippen LogP contribution in [0.15, 0.2) is 18.2 Å². The van der Waals surface area contributed by atoms with Crippen LogP contribution in [0.5, 0.6) is 0 Å². The number of nitriles is 1. The normalized spacial score (nSPS) is 19.3. The number of hydrogen-bond donors (Lipinski definition) is 2. The van der Waals surface area contributed by atoms with Crippen molar-refractivity contribution in [1.82, 2.24) is 0 Å². The summed E-state index contributed by atoms with van der Waals surface area (Å²) in [4.78, 5) is 13.3. The third-order valence-corrected chi connectivity index (χ3v) is 3.34. The molecule has 1 atom stereocenters. The zero-order valence-corrected chi connectivity index (χ0v) is 10.1. The number of anilines is 2. The van der Waals surface area contributed by atoms with Crippen molar-refractivity contribution in [3.8, 4) is 6.07 Å². The van der Waals surface area contributed by atoms with E-state index in [-0.39, 0.29) is 11.8 Å². The second-order valence-electron chi connectivity index (χ2n) is 4.57. The summed E-state index contributed by atoms with van der Waals surface area (Å²) in [7, 11) is 0. The van der Waals surface area contributed by atoms with Crippen LogP contribution in [0.2, 0.25) is 0 Å². The fraction of sp³-hybridized carbons (Fsp3) is 0.385. The van der Waals surface area contributed by atoms with Gasteiger partial charge in [-0.25, -0.2) is 0 Å². The Labute approximate surface area is 106 Å². The maximum Gasteiger partial charge on any atom is 0.222 e. The molecule has 5 nitrogen and oxygen atoms in total. The van der Waals surface area contributed by atoms with Gasteiger partial charge in [-0.2, -0.15) is 5.26 Å². The molecule has 1 heterocycles. The Balaban J connectivity index is 2.19. The van der Waals surface area contributed by atoms with Gasteiger partial charge < -0.3 is 16.4 Å². The van der Waals surface area contributed by atoms with Gasteiger partial charge in [-0.3, -0.25) is 4.79 Å². The molecule has 5 heteroatoms. The molecule has 1 aliphatic heterocycles. The smallest absolute Gasteiger partial charge is 0.222 e. The third-order valence-electron chi connectivity index (χ3n) is 3.34. The van der Waals surface area contributed by atoms with Crippen molar-refractivity contribution in [1.29, 1.82) is 5.26 Å². The third kappa shape index (κ3) is 2.38. The fourth-order valence-corrected chi connectivity index (χ4v) is 2.29. The van der Waals surface area contributed by atoms with Crippen molar-refractivity contribution in [3.05, 3.63) is 23.8 Å². The number of hydrogen-bond acceptors (Lipinski definition) is 4. The van der Waals surface area contributed by atoms with Gasteiger partial charge in [0.1, 0.15) is 6.07 Å². The SMILES string of the molecule is N#Cc1ccc(N2CCCC(C(N)=O)C2)cc1N. The first-order valence-corrected chi connectivity index (χ1v) is 5.95. The first-order chi connectivity index (χ1) is 8.61. The first kappa shape index (κ1) is 12.2. The van der Waals surface area contributed by atoms with E-state index in [4.69, 9.17) is 16.7 Å². The average molecular weight is 244 g/mol. The molecule has 2 rings (SSSR count). The van der Waals surface area contributed by atoms with E-state index in [0.29, 0.717) is 17.8 Å². The summed E-state index contributed by atoms with van der Waals surface area (Å²) in [6.07, 6.45) is 1.78. The lowest BCUT2D eigenvalue weighted by Crippen LogP contribution is -2.41. The van der Waals surface area contributed by atoms with Gasteiger partial charge >= 0.3 is 0 Å². The summed E-state index contributed by atoms with van der Waals surface area (Å²) >= 11 is 0. The number of nitrogen functional groups attached to an aromatic ring is 1. The van der Waals surface area contributed by atoms with Crippen molar-refractivity contribution in [2.75, 3.05) is 23.7 Å². The van der Waals surface area contributed by atoms with E-state index in [1.165, 1.54) is 0 Å². The van der Waals surface area contributed by atoms with Crippen LogP contribution in [0.1, 0.15) is 18.4 Å². The van der Waals surface area contributed by atoms with E-state index in [2.05, 4.69) is 4.90 Å². The molecule has 0 aromatic heterocycles. The minimum atomic E-state index is -0.249. The summed E-state index contributed by atoms with van der Waals surface area (Å²) in [5.74, 6) is -0.350. The highest BCUT2D eigenvalue weighted by Crippen LogP contribution is 2.26. The first-order valence-electron chi connectivity index (χ1n) is 5.95. The van der Waals surface area contributed by atoms with Crippen LogP contribution in [0.25, 0.3) is 0 Å². The van der Waals surface area contributed by atoms with Crippen LogP contribution < -0.4 is 16.4 Å². The second kappa shape index (κ2) is 4.96. The molecule has 1 unspecified atom stereocenters. The second-order valence-corrected chi connectivity index (χ2v) is 4.57. The fourth-order valence-electron chi connectivity index (χ4n) is 2.29. The monoisotopic (exact) mass is 244 g/mol. The summed E-state index contributed by atoms with van der Waals surface area (Å²) in [5, 5.41) is 8.83. The molecular formula is C13H16N4O. The Hall–Kier alpha value is -2.22. The average Bonchev–Trinajstić information content (AvgIpc) is 2.38. The lowest BCUT2D eigenvalue weighted by atomic mass is 9.97. The molecular weight excluding hydrogens is 228 g/mol. The number of piperidine rings is 1. The highest BCUT2D eigenvalue weighted by atomic mass is 16.1. The standard InChI is InChI=1S/C13H16N4O/c14-7-9-3-4-11(6-12(9)15)17-5-1-2-10(8-17)13(16)18/h3-4,6,10H,1-2,5,8,15H2,(H2,16,18). The topological polar surface area (TPSA) is 96.1 Å². The Bertz CT molecular complexity index is 506. The Kier molecular flexibility index (Phi) is 3.38. The minimum absolute atomic E-state index is 0.101. The molecule has 4 N–H and O–H groups in total. The number of benzene rings is 1. The van der Waals surface area contributed by atoms with Crippen molar-refractivity contribution in [3.63, 3.8) is 0 Å². The van der Waals surface area contributed by atoms with E-state index in [1.807, 2.05) is 12.1 Å². The van der Waals surface area contributed by atoms with E-state index in [0.717, 1.165) is 25.1 Å². The molecule has 1 aromatic rings. The number of rotatable bonds is 2. The molecule has 1 amide bonds. The van der Waals surface area contributed by atoms with Gasteiger partial charge in [-0.1, -0.05) is 0 Å². The summed E-state index contributed by atoms with van der Waals surface area (Å²) < 4.78 is 0. The van der Waals surface area contributed by atoms with Crippen molar-refractivity contribution in [2.45, 2.75) is 12.8 Å². The Morgan fingerprint density at radius 2 is 2.28 bits per heavy atom. The molecule has 18 heavy (non-hydrogen) atoms. The van der Waals surface area contributed by atoms with Crippen LogP contribution in [-0.4, -0.2) is 19.0 Å². The highest BCUT2D eigenvalue weighted by Gasteiger charge is 2.24. The summed E-state index contributed by atoms with van der Waals surface area (Å²) in [5.41, 5.74) is 13.0. The van der Waals surface area contributed by atoms with Crippen LogP contribution in [0.4, 0.5) is 11.4 Å². The predicted octanol–water partition coefficient (Wildman–Crippen LogP) is 0.842. The van der Waals surface area contributed by atoms with E-state index in [9.17, 15) is 4.79 Å². The highest BCUT2D eigenvalue weighted by molar-refractivity contribution is 5.77. The predicted molar refractivity (Wildman–Crippen MR) is 69.7 cm³/mol. The van der Waals surface area contributed by atoms with Crippen molar-refractivity contribution >= 4 is 17.3 Å². The van der Waals surface area contributed by atoms with Gasteiger partial charge in [0.25, 0.3) is 0 Å². The van der Waals surface area contributed by atoms with Crippen LogP contribution in [-0.2, 0) is 4.79 Å². The number of amides is 1. The van der Waals surface area contributed by atoms with E-state index in [1.54, 1.807) is 12.1 Å². The number of carbonyl (C=O) groups is 1. The zero-order chi connectivity index (χ0) is 13.1. The maximum atomic E-state index is 11.2. The van der Waals surface area contributed by atoms with Gasteiger partial charge in [-0.15, -0.1) is 0 Å². The molecule has 1 aliphatic rings. The molecule has 0 radical (unpaired) electrons. The molecule has 0 saturated carbocycles. The van der Waals surface area contributed by atoms with Gasteiger partial charge in [0.2, 0.25) is 5.91 Å². The molecule has 0 aliphatic carbocycles. The number of carbonyl (C=O) groups excluding carboxylic acids is 1. The van der Waals surface area contributed by atoms with Crippen LogP contribution >= 0.6 is 0 Å². The van der Waals surface area contributed by atoms with Crippen LogP contribution in [0.3, 0.4) is 0 Å². The lowest BCUT2D eigenvalue weighted by molar-refractivity contribution is -0.122. The zero-order valence-electron chi connectivity index (χ0n) is 10.1. The Morgan fingerprint density at radius 3 is 2.89 bits per heavy atom. The molecule has 1 saturated heterocycles. The quantitative estimate of drug-likeness (QED) is 0.753. The van der Waals surface area contributed by atoms with Crippen molar-refractivity contribution in [2.24, 2.45) is 11.7 Å². The Morgan fingerprint density at radius 1 is 1.50 bits per heavy atom. The van der Waals surface area contributed by atoms with Crippen molar-refractivity contribution < 1.29 is 4.79 Å². The largest absolute Gasteiger partial charge is 0.398 e. The number of nitrogens with two attached hydrogens (primary N) is 2.